The number of aromatic nitrogens is 3. The number of rotatable bonds is 6. The van der Waals surface area contributed by atoms with Gasteiger partial charge in [-0.15, -0.1) is 0 Å². The second-order valence-electron chi connectivity index (χ2n) is 7.29. The minimum Gasteiger partial charge on any atom is -0.444 e. The fraction of sp³-hybridized carbons (Fsp3) is 0.350. The van der Waals surface area contributed by atoms with Crippen molar-refractivity contribution in [1.82, 2.24) is 20.1 Å². The first-order valence-electron chi connectivity index (χ1n) is 9.02. The molecule has 0 saturated heterocycles. The highest BCUT2D eigenvalue weighted by Gasteiger charge is 2.15. The summed E-state index contributed by atoms with van der Waals surface area (Å²) in [7, 11) is 0. The fourth-order valence-corrected chi connectivity index (χ4v) is 3.38. The van der Waals surface area contributed by atoms with Crippen LogP contribution >= 0.6 is 11.8 Å². The molecule has 6 nitrogen and oxygen atoms in total. The van der Waals surface area contributed by atoms with Crippen LogP contribution in [0.1, 0.15) is 27.2 Å². The number of benzene rings is 1. The van der Waals surface area contributed by atoms with Crippen LogP contribution in [0.4, 0.5) is 9.18 Å². The van der Waals surface area contributed by atoms with Gasteiger partial charge in [0, 0.05) is 34.5 Å². The lowest BCUT2D eigenvalue weighted by molar-refractivity contribution is 0.0526. The number of aryl methyl sites for hydroxylation is 1. The normalized spacial score (nSPS) is 11.6. The van der Waals surface area contributed by atoms with Gasteiger partial charge >= 0.3 is 6.09 Å². The Labute approximate surface area is 167 Å². The van der Waals surface area contributed by atoms with Gasteiger partial charge in [-0.2, -0.15) is 5.10 Å². The van der Waals surface area contributed by atoms with Crippen molar-refractivity contribution >= 4 is 28.9 Å². The zero-order valence-electron chi connectivity index (χ0n) is 16.1. The number of nitrogens with one attached hydrogen (secondary N) is 1. The Balaban J connectivity index is 1.55. The van der Waals surface area contributed by atoms with E-state index in [1.807, 2.05) is 31.5 Å². The van der Waals surface area contributed by atoms with Crippen LogP contribution < -0.4 is 5.32 Å². The number of hydrogen-bond donors (Lipinski definition) is 1. The van der Waals surface area contributed by atoms with E-state index < -0.39 is 11.7 Å². The summed E-state index contributed by atoms with van der Waals surface area (Å²) < 4.78 is 20.0. The maximum absolute atomic E-state index is 13.0. The van der Waals surface area contributed by atoms with E-state index >= 15 is 0 Å². The van der Waals surface area contributed by atoms with Gasteiger partial charge in [-0.3, -0.25) is 0 Å². The Kier molecular flexibility index (Phi) is 6.18. The lowest BCUT2D eigenvalue weighted by Gasteiger charge is -2.19. The first-order valence-corrected chi connectivity index (χ1v) is 9.84. The predicted molar refractivity (Wildman–Crippen MR) is 107 cm³/mol. The van der Waals surface area contributed by atoms with Crippen molar-refractivity contribution in [3.8, 4) is 0 Å². The standard InChI is InChI=1S/C20H23FN4O2S/c1-20(2,3)27-19(26)22-9-4-10-25-18-14(12-24-25)11-17(13-23-18)28-16-7-5-15(21)6-8-16/h5-8,11-13H,4,9-10H2,1-3H3,(H,22,26). The quantitative estimate of drug-likeness (QED) is 0.609. The summed E-state index contributed by atoms with van der Waals surface area (Å²) in [5, 5.41) is 8.06. The van der Waals surface area contributed by atoms with Gasteiger partial charge in [-0.25, -0.2) is 18.9 Å². The number of alkyl carbamates (subject to hydrolysis) is 1. The summed E-state index contributed by atoms with van der Waals surface area (Å²) in [4.78, 5) is 18.1. The van der Waals surface area contributed by atoms with E-state index in [1.54, 1.807) is 24.5 Å². The molecular formula is C20H23FN4O2S. The Hall–Kier alpha value is -2.61. The van der Waals surface area contributed by atoms with Crippen molar-refractivity contribution in [2.24, 2.45) is 0 Å². The molecule has 28 heavy (non-hydrogen) atoms. The SMILES string of the molecule is CC(C)(C)OC(=O)NCCCn1ncc2cc(Sc3ccc(F)cc3)cnc21. The third-order valence-corrected chi connectivity index (χ3v) is 4.68. The van der Waals surface area contributed by atoms with Crippen LogP contribution in [-0.2, 0) is 11.3 Å². The molecule has 0 fully saturated rings. The average molecular weight is 402 g/mol. The molecule has 1 N–H and O–H groups in total. The molecule has 0 aliphatic heterocycles. The number of halogens is 1. The van der Waals surface area contributed by atoms with Crippen LogP contribution in [0.25, 0.3) is 11.0 Å². The number of pyridine rings is 1. The van der Waals surface area contributed by atoms with Crippen LogP contribution in [0.3, 0.4) is 0 Å². The second-order valence-corrected chi connectivity index (χ2v) is 8.44. The molecule has 1 aromatic carbocycles. The van der Waals surface area contributed by atoms with Crippen molar-refractivity contribution in [2.75, 3.05) is 6.54 Å². The maximum atomic E-state index is 13.0. The van der Waals surface area contributed by atoms with Crippen molar-refractivity contribution in [2.45, 2.75) is 49.1 Å². The van der Waals surface area contributed by atoms with Crippen LogP contribution in [0.15, 0.2) is 52.5 Å². The van der Waals surface area contributed by atoms with Gasteiger partial charge in [0.1, 0.15) is 11.4 Å². The largest absolute Gasteiger partial charge is 0.444 e. The molecule has 148 valence electrons. The van der Waals surface area contributed by atoms with Crippen LogP contribution in [0, 0.1) is 5.82 Å². The molecule has 0 unspecified atom stereocenters. The van der Waals surface area contributed by atoms with Gasteiger partial charge in [0.2, 0.25) is 0 Å². The summed E-state index contributed by atoms with van der Waals surface area (Å²) >= 11 is 1.52. The summed E-state index contributed by atoms with van der Waals surface area (Å²) in [6, 6.07) is 8.38. The smallest absolute Gasteiger partial charge is 0.407 e. The summed E-state index contributed by atoms with van der Waals surface area (Å²) in [5.41, 5.74) is 0.288. The van der Waals surface area contributed by atoms with Crippen molar-refractivity contribution in [1.29, 1.82) is 0 Å². The molecule has 0 bridgehead atoms. The lowest BCUT2D eigenvalue weighted by atomic mass is 10.2. The van der Waals surface area contributed by atoms with Crippen LogP contribution in [0.2, 0.25) is 0 Å². The molecule has 0 atom stereocenters. The minimum atomic E-state index is -0.504. The monoisotopic (exact) mass is 402 g/mol. The van der Waals surface area contributed by atoms with E-state index in [1.165, 1.54) is 23.9 Å². The van der Waals surface area contributed by atoms with Gasteiger partial charge in [-0.1, -0.05) is 11.8 Å². The predicted octanol–water partition coefficient (Wildman–Crippen LogP) is 4.64. The Bertz CT molecular complexity index is 951. The van der Waals surface area contributed by atoms with Gasteiger partial charge in [0.05, 0.1) is 6.20 Å². The Morgan fingerprint density at radius 1 is 1.21 bits per heavy atom. The van der Waals surface area contributed by atoms with E-state index in [9.17, 15) is 9.18 Å². The number of fused-ring (bicyclic) bond motifs is 1. The Morgan fingerprint density at radius 2 is 1.96 bits per heavy atom. The third-order valence-electron chi connectivity index (χ3n) is 3.71. The molecule has 0 radical (unpaired) electrons. The highest BCUT2D eigenvalue weighted by molar-refractivity contribution is 7.99. The number of ether oxygens (including phenoxy) is 1. The zero-order valence-corrected chi connectivity index (χ0v) is 16.9. The summed E-state index contributed by atoms with van der Waals surface area (Å²) in [6.07, 6.45) is 3.86. The van der Waals surface area contributed by atoms with Crippen LogP contribution in [0.5, 0.6) is 0 Å². The first kappa shape index (κ1) is 20.1. The Morgan fingerprint density at radius 3 is 2.68 bits per heavy atom. The van der Waals surface area contributed by atoms with Crippen molar-refractivity contribution < 1.29 is 13.9 Å². The molecule has 1 amide bonds. The average Bonchev–Trinajstić information content (AvgIpc) is 3.01. The van der Waals surface area contributed by atoms with Crippen molar-refractivity contribution in [3.63, 3.8) is 0 Å². The molecule has 3 rings (SSSR count). The first-order chi connectivity index (χ1) is 13.3. The fourth-order valence-electron chi connectivity index (χ4n) is 2.54. The topological polar surface area (TPSA) is 69.0 Å². The third kappa shape index (κ3) is 5.69. The van der Waals surface area contributed by atoms with Crippen LogP contribution in [-0.4, -0.2) is 33.0 Å². The summed E-state index contributed by atoms with van der Waals surface area (Å²) in [6.45, 7) is 6.62. The molecule has 8 heteroatoms. The molecular weight excluding hydrogens is 379 g/mol. The van der Waals surface area contributed by atoms with Gasteiger partial charge < -0.3 is 10.1 Å². The number of carbonyl (C=O) groups excluding carboxylic acids is 1. The number of hydrogen-bond acceptors (Lipinski definition) is 5. The minimum absolute atomic E-state index is 0.250. The molecule has 3 aromatic rings. The molecule has 0 saturated carbocycles. The van der Waals surface area contributed by atoms with Crippen molar-refractivity contribution in [3.05, 3.63) is 48.5 Å². The number of carbonyl (C=O) groups is 1. The van der Waals surface area contributed by atoms with Gasteiger partial charge in [-0.05, 0) is 57.5 Å². The van der Waals surface area contributed by atoms with E-state index in [-0.39, 0.29) is 5.82 Å². The molecule has 2 heterocycles. The zero-order chi connectivity index (χ0) is 20.1. The van der Waals surface area contributed by atoms with E-state index in [4.69, 9.17) is 4.74 Å². The lowest BCUT2D eigenvalue weighted by Crippen LogP contribution is -2.33. The van der Waals surface area contributed by atoms with Gasteiger partial charge in [0.15, 0.2) is 5.65 Å². The molecule has 0 spiro atoms. The number of amides is 1. The second kappa shape index (κ2) is 8.60. The maximum Gasteiger partial charge on any atom is 0.407 e. The molecule has 2 aromatic heterocycles. The van der Waals surface area contributed by atoms with E-state index in [0.717, 1.165) is 20.8 Å². The highest BCUT2D eigenvalue weighted by Crippen LogP contribution is 2.29. The molecule has 0 aliphatic rings. The van der Waals surface area contributed by atoms with Gasteiger partial charge in [0.25, 0.3) is 0 Å². The summed E-state index contributed by atoms with van der Waals surface area (Å²) in [5.74, 6) is -0.250. The van der Waals surface area contributed by atoms with E-state index in [2.05, 4.69) is 15.4 Å². The number of nitrogens with zero attached hydrogens (tertiary/aromatic N) is 3. The van der Waals surface area contributed by atoms with E-state index in [0.29, 0.717) is 19.5 Å². The highest BCUT2D eigenvalue weighted by atomic mass is 32.2. The molecule has 0 aliphatic carbocycles.